The molecule has 1 aromatic heterocycles. The lowest BCUT2D eigenvalue weighted by Crippen LogP contribution is -2.38. The first kappa shape index (κ1) is 16.6. The van der Waals surface area contributed by atoms with Crippen LogP contribution in [-0.4, -0.2) is 38.3 Å². The molecule has 110 valence electrons. The third-order valence-corrected chi connectivity index (χ3v) is 4.27. The highest BCUT2D eigenvalue weighted by atomic mass is 32.1. The number of ether oxygens (including phenoxy) is 1. The molecule has 0 saturated heterocycles. The van der Waals surface area contributed by atoms with Crippen molar-refractivity contribution in [2.24, 2.45) is 11.7 Å². The molecule has 1 atom stereocenters. The van der Waals surface area contributed by atoms with Crippen molar-refractivity contribution < 1.29 is 4.74 Å². The minimum Gasteiger partial charge on any atom is -0.383 e. The van der Waals surface area contributed by atoms with E-state index in [0.717, 1.165) is 19.7 Å². The van der Waals surface area contributed by atoms with Crippen LogP contribution in [0.3, 0.4) is 0 Å². The predicted octanol–water partition coefficient (Wildman–Crippen LogP) is 2.97. The minimum atomic E-state index is 0.308. The summed E-state index contributed by atoms with van der Waals surface area (Å²) >= 11 is 1.86. The lowest BCUT2D eigenvalue weighted by Gasteiger charge is -2.32. The molecule has 4 heteroatoms. The molecular weight excluding hydrogens is 256 g/mol. The molecule has 0 bridgehead atoms. The number of nitrogens with two attached hydrogens (primary N) is 1. The Labute approximate surface area is 121 Å². The Bertz CT molecular complexity index is 376. The highest BCUT2D eigenvalue weighted by molar-refractivity contribution is 7.12. The van der Waals surface area contributed by atoms with Crippen molar-refractivity contribution in [2.75, 3.05) is 33.4 Å². The van der Waals surface area contributed by atoms with Gasteiger partial charge in [0.25, 0.3) is 0 Å². The Kier molecular flexibility index (Phi) is 7.00. The van der Waals surface area contributed by atoms with E-state index >= 15 is 0 Å². The molecule has 0 saturated carbocycles. The standard InChI is InChI=1S/C15H28N2OS/c1-11(2)10-17(6-7-18-5)15(9-16)14-8-12(3)19-13(14)4/h8,11,15H,6-7,9-10,16H2,1-5H3. The lowest BCUT2D eigenvalue weighted by molar-refractivity contribution is 0.112. The Morgan fingerprint density at radius 3 is 2.47 bits per heavy atom. The van der Waals surface area contributed by atoms with Gasteiger partial charge in [-0.25, -0.2) is 0 Å². The zero-order chi connectivity index (χ0) is 14.4. The van der Waals surface area contributed by atoms with Gasteiger partial charge in [0, 0.05) is 42.5 Å². The van der Waals surface area contributed by atoms with Crippen LogP contribution in [0.2, 0.25) is 0 Å². The largest absolute Gasteiger partial charge is 0.383 e. The van der Waals surface area contributed by atoms with Crippen LogP contribution in [0.15, 0.2) is 6.07 Å². The SMILES string of the molecule is COCCN(CC(C)C)C(CN)c1cc(C)sc1C. The zero-order valence-corrected chi connectivity index (χ0v) is 13.7. The molecule has 0 aliphatic rings. The highest BCUT2D eigenvalue weighted by Gasteiger charge is 2.22. The van der Waals surface area contributed by atoms with Crippen LogP contribution in [-0.2, 0) is 4.74 Å². The summed E-state index contributed by atoms with van der Waals surface area (Å²) in [4.78, 5) is 5.21. The molecule has 1 rings (SSSR count). The van der Waals surface area contributed by atoms with Crippen molar-refractivity contribution in [2.45, 2.75) is 33.7 Å². The highest BCUT2D eigenvalue weighted by Crippen LogP contribution is 2.30. The van der Waals surface area contributed by atoms with Gasteiger partial charge in [-0.3, -0.25) is 4.90 Å². The number of thiophene rings is 1. The molecular formula is C15H28N2OS. The average Bonchev–Trinajstić information content (AvgIpc) is 2.65. The van der Waals surface area contributed by atoms with Gasteiger partial charge in [-0.2, -0.15) is 0 Å². The Hall–Kier alpha value is -0.420. The summed E-state index contributed by atoms with van der Waals surface area (Å²) in [6.45, 7) is 12.3. The Morgan fingerprint density at radius 2 is 2.05 bits per heavy atom. The van der Waals surface area contributed by atoms with Gasteiger partial charge in [0.2, 0.25) is 0 Å². The molecule has 0 amide bonds. The molecule has 1 unspecified atom stereocenters. The molecule has 0 aliphatic carbocycles. The van der Waals surface area contributed by atoms with E-state index in [1.165, 1.54) is 15.3 Å². The van der Waals surface area contributed by atoms with Crippen LogP contribution in [0.25, 0.3) is 0 Å². The van der Waals surface area contributed by atoms with E-state index in [1.807, 2.05) is 11.3 Å². The number of hydrogen-bond acceptors (Lipinski definition) is 4. The molecule has 0 aromatic carbocycles. The average molecular weight is 284 g/mol. The molecule has 0 fully saturated rings. The number of hydrogen-bond donors (Lipinski definition) is 1. The molecule has 3 nitrogen and oxygen atoms in total. The minimum absolute atomic E-state index is 0.308. The van der Waals surface area contributed by atoms with Crippen LogP contribution < -0.4 is 5.73 Å². The van der Waals surface area contributed by atoms with Crippen molar-refractivity contribution >= 4 is 11.3 Å². The van der Waals surface area contributed by atoms with E-state index in [-0.39, 0.29) is 0 Å². The summed E-state index contributed by atoms with van der Waals surface area (Å²) in [5.74, 6) is 0.631. The molecule has 0 aliphatic heterocycles. The maximum absolute atomic E-state index is 6.05. The molecule has 0 spiro atoms. The van der Waals surface area contributed by atoms with E-state index in [4.69, 9.17) is 10.5 Å². The quantitative estimate of drug-likeness (QED) is 0.797. The Morgan fingerprint density at radius 1 is 1.37 bits per heavy atom. The second kappa shape index (κ2) is 8.00. The van der Waals surface area contributed by atoms with Gasteiger partial charge < -0.3 is 10.5 Å². The van der Waals surface area contributed by atoms with Gasteiger partial charge in [0.05, 0.1) is 6.61 Å². The van der Waals surface area contributed by atoms with Crippen LogP contribution in [0.5, 0.6) is 0 Å². The maximum Gasteiger partial charge on any atom is 0.0589 e. The van der Waals surface area contributed by atoms with Gasteiger partial charge in [0.1, 0.15) is 0 Å². The van der Waals surface area contributed by atoms with Gasteiger partial charge in [-0.15, -0.1) is 11.3 Å². The predicted molar refractivity (Wildman–Crippen MR) is 83.9 cm³/mol. The number of methoxy groups -OCH3 is 1. The first-order chi connectivity index (χ1) is 8.99. The summed E-state index contributed by atoms with van der Waals surface area (Å²) in [7, 11) is 1.75. The molecule has 0 radical (unpaired) electrons. The fourth-order valence-corrected chi connectivity index (χ4v) is 3.49. The fraction of sp³-hybridized carbons (Fsp3) is 0.733. The molecule has 19 heavy (non-hydrogen) atoms. The summed E-state index contributed by atoms with van der Waals surface area (Å²) in [5.41, 5.74) is 7.44. The normalized spacial score (nSPS) is 13.5. The molecule has 2 N–H and O–H groups in total. The van der Waals surface area contributed by atoms with E-state index < -0.39 is 0 Å². The molecule has 1 heterocycles. The molecule has 1 aromatic rings. The van der Waals surface area contributed by atoms with Crippen LogP contribution in [0.1, 0.15) is 35.2 Å². The van der Waals surface area contributed by atoms with Crippen molar-refractivity contribution in [1.82, 2.24) is 4.90 Å². The van der Waals surface area contributed by atoms with E-state index in [0.29, 0.717) is 18.5 Å². The summed E-state index contributed by atoms with van der Waals surface area (Å²) in [5, 5.41) is 0. The fourth-order valence-electron chi connectivity index (χ4n) is 2.51. The number of nitrogens with zero attached hydrogens (tertiary/aromatic N) is 1. The van der Waals surface area contributed by atoms with Crippen molar-refractivity contribution in [3.05, 3.63) is 21.4 Å². The zero-order valence-electron chi connectivity index (χ0n) is 12.9. The topological polar surface area (TPSA) is 38.5 Å². The summed E-state index contributed by atoms with van der Waals surface area (Å²) in [6.07, 6.45) is 0. The van der Waals surface area contributed by atoms with Gasteiger partial charge in [0.15, 0.2) is 0 Å². The summed E-state index contributed by atoms with van der Waals surface area (Å²) in [6, 6.07) is 2.60. The van der Waals surface area contributed by atoms with Gasteiger partial charge in [-0.1, -0.05) is 13.8 Å². The van der Waals surface area contributed by atoms with E-state index in [9.17, 15) is 0 Å². The second-order valence-electron chi connectivity index (χ2n) is 5.50. The Balaban J connectivity index is 2.91. The van der Waals surface area contributed by atoms with Gasteiger partial charge in [-0.05, 0) is 31.4 Å². The van der Waals surface area contributed by atoms with Gasteiger partial charge >= 0.3 is 0 Å². The number of aryl methyl sites for hydroxylation is 2. The van der Waals surface area contributed by atoms with Crippen LogP contribution in [0, 0.1) is 19.8 Å². The first-order valence-corrected chi connectivity index (χ1v) is 7.81. The third kappa shape index (κ3) is 4.88. The van der Waals surface area contributed by atoms with Crippen molar-refractivity contribution in [1.29, 1.82) is 0 Å². The van der Waals surface area contributed by atoms with E-state index in [2.05, 4.69) is 38.7 Å². The lowest BCUT2D eigenvalue weighted by atomic mass is 10.0. The second-order valence-corrected chi connectivity index (χ2v) is 6.96. The maximum atomic E-state index is 6.05. The van der Waals surface area contributed by atoms with Crippen LogP contribution in [0.4, 0.5) is 0 Å². The van der Waals surface area contributed by atoms with Crippen molar-refractivity contribution in [3.8, 4) is 0 Å². The van der Waals surface area contributed by atoms with E-state index in [1.54, 1.807) is 7.11 Å². The third-order valence-electron chi connectivity index (χ3n) is 3.28. The summed E-state index contributed by atoms with van der Waals surface area (Å²) < 4.78 is 5.24. The number of rotatable bonds is 8. The van der Waals surface area contributed by atoms with Crippen LogP contribution >= 0.6 is 11.3 Å². The van der Waals surface area contributed by atoms with Crippen molar-refractivity contribution in [3.63, 3.8) is 0 Å². The monoisotopic (exact) mass is 284 g/mol. The first-order valence-electron chi connectivity index (χ1n) is 6.99. The smallest absolute Gasteiger partial charge is 0.0589 e.